The van der Waals surface area contributed by atoms with E-state index in [2.05, 4.69) is 10.1 Å². The van der Waals surface area contributed by atoms with E-state index in [0.717, 1.165) is 5.56 Å². The van der Waals surface area contributed by atoms with Gasteiger partial charge < -0.3 is 56.7 Å². The van der Waals surface area contributed by atoms with Crippen molar-refractivity contribution >= 4 is 24.1 Å². The van der Waals surface area contributed by atoms with Crippen molar-refractivity contribution in [2.75, 3.05) is 13.7 Å². The number of aliphatic hydroxyl groups excluding tert-OH is 5. The van der Waals surface area contributed by atoms with Gasteiger partial charge in [0.2, 0.25) is 5.91 Å². The largest absolute Gasteiger partial charge is 0.481 e. The standard InChI is InChI=1S/C14H18N2O5.C6H12O6.H2O/c1-21-14(20)11(7-9-5-3-2-4-6-9)16-13(19)10(15)8-12(17)18;7-1-3(9)5(11)6(12)4(10)2-8;/h2-6,10-11H,7-8,15H2,1H3,(H,16,19)(H,17,18);1,3-6,8-12H,2H2;1H2/t;3-,4+,5+,6+;/m.0./s1. The minimum absolute atomic E-state index is 0. The van der Waals surface area contributed by atoms with Gasteiger partial charge in [-0.25, -0.2) is 4.79 Å². The van der Waals surface area contributed by atoms with Gasteiger partial charge in [-0.3, -0.25) is 9.59 Å². The van der Waals surface area contributed by atoms with Crippen LogP contribution in [0.3, 0.4) is 0 Å². The number of carboxylic acid groups (broad SMARTS) is 1. The van der Waals surface area contributed by atoms with E-state index in [-0.39, 0.29) is 18.2 Å². The number of hydrogen-bond donors (Lipinski definition) is 8. The van der Waals surface area contributed by atoms with Gasteiger partial charge in [-0.2, -0.15) is 0 Å². The van der Waals surface area contributed by atoms with E-state index in [1.165, 1.54) is 7.11 Å². The Morgan fingerprint density at radius 3 is 2.09 bits per heavy atom. The lowest BCUT2D eigenvalue weighted by atomic mass is 10.0. The SMILES string of the molecule is COC(=O)C(Cc1ccccc1)NC(=O)C(N)CC(=O)O.O.O=C[C@H](O)[C@@H](O)[C@H](O)[C@H](O)CO. The fourth-order valence-electron chi connectivity index (χ4n) is 2.36. The van der Waals surface area contributed by atoms with E-state index in [1.54, 1.807) is 12.1 Å². The number of nitrogens with two attached hydrogens (primary N) is 1. The summed E-state index contributed by atoms with van der Waals surface area (Å²) in [6, 6.07) is 6.93. The molecule has 0 saturated carbocycles. The van der Waals surface area contributed by atoms with Gasteiger partial charge >= 0.3 is 11.9 Å². The number of aliphatic hydroxyl groups is 5. The van der Waals surface area contributed by atoms with Crippen LogP contribution in [0.15, 0.2) is 30.3 Å². The summed E-state index contributed by atoms with van der Waals surface area (Å²) in [6.45, 7) is -0.760. The zero-order chi connectivity index (χ0) is 25.6. The molecule has 0 heterocycles. The molecule has 0 fully saturated rings. The number of esters is 1. The molecule has 0 aliphatic heterocycles. The van der Waals surface area contributed by atoms with E-state index in [0.29, 0.717) is 0 Å². The highest BCUT2D eigenvalue weighted by Gasteiger charge is 2.29. The quantitative estimate of drug-likeness (QED) is 0.101. The Morgan fingerprint density at radius 2 is 1.65 bits per heavy atom. The second kappa shape index (κ2) is 17.5. The molecule has 2 unspecified atom stereocenters. The van der Waals surface area contributed by atoms with E-state index in [4.69, 9.17) is 36.4 Å². The molecule has 0 aromatic heterocycles. The normalized spacial score (nSPS) is 15.5. The van der Waals surface area contributed by atoms with Crippen molar-refractivity contribution in [3.8, 4) is 0 Å². The Balaban J connectivity index is 0. The first-order chi connectivity index (χ1) is 15.5. The third-order valence-corrected chi connectivity index (χ3v) is 4.24. The number of ether oxygens (including phenoxy) is 1. The zero-order valence-electron chi connectivity index (χ0n) is 18.4. The van der Waals surface area contributed by atoms with Crippen LogP contribution in [0.1, 0.15) is 12.0 Å². The molecule has 0 radical (unpaired) electrons. The molecule has 194 valence electrons. The molecule has 0 aliphatic rings. The minimum atomic E-state index is -1.79. The number of carbonyl (C=O) groups excluding carboxylic acids is 3. The zero-order valence-corrected chi connectivity index (χ0v) is 18.4. The van der Waals surface area contributed by atoms with Crippen LogP contribution in [0.4, 0.5) is 0 Å². The van der Waals surface area contributed by atoms with Crippen LogP contribution < -0.4 is 11.1 Å². The van der Waals surface area contributed by atoms with E-state index in [9.17, 15) is 19.2 Å². The second-order valence-electron chi connectivity index (χ2n) is 6.84. The maximum Gasteiger partial charge on any atom is 0.328 e. The summed E-state index contributed by atoms with van der Waals surface area (Å²) in [5.74, 6) is -2.51. The summed E-state index contributed by atoms with van der Waals surface area (Å²) in [5.41, 5.74) is 6.29. The Kier molecular flexibility index (Phi) is 17.1. The Bertz CT molecular complexity index is 748. The molecular formula is C20H32N2O12. The summed E-state index contributed by atoms with van der Waals surface area (Å²) >= 11 is 0. The molecule has 14 nitrogen and oxygen atoms in total. The highest BCUT2D eigenvalue weighted by Crippen LogP contribution is 2.05. The van der Waals surface area contributed by atoms with Crippen molar-refractivity contribution in [3.05, 3.63) is 35.9 Å². The van der Waals surface area contributed by atoms with E-state index >= 15 is 0 Å². The first kappa shape index (κ1) is 33.2. The van der Waals surface area contributed by atoms with Crippen LogP contribution in [0.5, 0.6) is 0 Å². The molecule has 6 atom stereocenters. The first-order valence-corrected chi connectivity index (χ1v) is 9.66. The third kappa shape index (κ3) is 12.3. The summed E-state index contributed by atoms with van der Waals surface area (Å²) < 4.78 is 4.64. The summed E-state index contributed by atoms with van der Waals surface area (Å²) in [7, 11) is 1.21. The highest BCUT2D eigenvalue weighted by atomic mass is 16.5. The van der Waals surface area contributed by atoms with Crippen molar-refractivity contribution < 1.29 is 60.0 Å². The molecule has 1 aromatic carbocycles. The number of carboxylic acids is 1. The minimum Gasteiger partial charge on any atom is -0.481 e. The molecule has 0 saturated heterocycles. The number of nitrogens with one attached hydrogen (secondary N) is 1. The van der Waals surface area contributed by atoms with Crippen molar-refractivity contribution in [2.24, 2.45) is 5.73 Å². The Hall–Kier alpha value is -2.98. The maximum absolute atomic E-state index is 11.8. The van der Waals surface area contributed by atoms with Crippen molar-refractivity contribution in [1.29, 1.82) is 0 Å². The fourth-order valence-corrected chi connectivity index (χ4v) is 2.36. The smallest absolute Gasteiger partial charge is 0.328 e. The number of carbonyl (C=O) groups is 4. The molecule has 1 aromatic rings. The van der Waals surface area contributed by atoms with E-state index in [1.807, 2.05) is 18.2 Å². The van der Waals surface area contributed by atoms with Gasteiger partial charge in [0.15, 0.2) is 6.29 Å². The number of benzene rings is 1. The van der Waals surface area contributed by atoms with Crippen LogP contribution >= 0.6 is 0 Å². The molecule has 34 heavy (non-hydrogen) atoms. The lowest BCUT2D eigenvalue weighted by Crippen LogP contribution is -2.50. The number of amides is 1. The topological polar surface area (TPSA) is 268 Å². The number of hydrogen-bond acceptors (Lipinski definition) is 11. The van der Waals surface area contributed by atoms with Crippen LogP contribution in [-0.4, -0.2) is 110 Å². The fraction of sp³-hybridized carbons (Fsp3) is 0.500. The lowest BCUT2D eigenvalue weighted by molar-refractivity contribution is -0.145. The predicted molar refractivity (Wildman–Crippen MR) is 115 cm³/mol. The van der Waals surface area contributed by atoms with Gasteiger partial charge in [-0.15, -0.1) is 0 Å². The molecule has 11 N–H and O–H groups in total. The van der Waals surface area contributed by atoms with Gasteiger partial charge in [0.1, 0.15) is 30.5 Å². The van der Waals surface area contributed by atoms with Gasteiger partial charge in [0.05, 0.1) is 26.2 Å². The molecule has 14 heteroatoms. The summed E-state index contributed by atoms with van der Waals surface area (Å²) in [6.07, 6.45) is -7.11. The maximum atomic E-state index is 11.8. The van der Waals surface area contributed by atoms with Crippen molar-refractivity contribution in [3.63, 3.8) is 0 Å². The Morgan fingerprint density at radius 1 is 1.09 bits per heavy atom. The summed E-state index contributed by atoms with van der Waals surface area (Å²) in [5, 5.41) is 54.6. The van der Waals surface area contributed by atoms with E-state index < -0.39 is 67.4 Å². The average Bonchev–Trinajstić information content (AvgIpc) is 2.81. The third-order valence-electron chi connectivity index (χ3n) is 4.24. The predicted octanol–water partition coefficient (Wildman–Crippen LogP) is -4.51. The second-order valence-corrected chi connectivity index (χ2v) is 6.84. The molecule has 0 spiro atoms. The van der Waals surface area contributed by atoms with Crippen LogP contribution in [-0.2, 0) is 30.3 Å². The van der Waals surface area contributed by atoms with Gasteiger partial charge in [-0.05, 0) is 5.56 Å². The number of methoxy groups -OCH3 is 1. The van der Waals surface area contributed by atoms with Crippen LogP contribution in [0, 0.1) is 0 Å². The lowest BCUT2D eigenvalue weighted by Gasteiger charge is -2.22. The van der Waals surface area contributed by atoms with Crippen molar-refractivity contribution in [1.82, 2.24) is 5.32 Å². The molecule has 0 aliphatic carbocycles. The van der Waals surface area contributed by atoms with Gasteiger partial charge in [0, 0.05) is 6.42 Å². The van der Waals surface area contributed by atoms with Crippen LogP contribution in [0.2, 0.25) is 0 Å². The number of aliphatic carboxylic acids is 1. The van der Waals surface area contributed by atoms with Crippen LogP contribution in [0.25, 0.3) is 0 Å². The van der Waals surface area contributed by atoms with Gasteiger partial charge in [-0.1, -0.05) is 30.3 Å². The first-order valence-electron chi connectivity index (χ1n) is 9.66. The highest BCUT2D eigenvalue weighted by molar-refractivity contribution is 5.89. The molecule has 1 amide bonds. The number of rotatable bonds is 12. The Labute approximate surface area is 194 Å². The molecule has 1 rings (SSSR count). The average molecular weight is 492 g/mol. The number of aldehydes is 1. The summed E-state index contributed by atoms with van der Waals surface area (Å²) in [4.78, 5) is 43.9. The van der Waals surface area contributed by atoms with Gasteiger partial charge in [0.25, 0.3) is 0 Å². The monoisotopic (exact) mass is 492 g/mol. The van der Waals surface area contributed by atoms with Crippen molar-refractivity contribution in [2.45, 2.75) is 49.3 Å². The molecule has 0 bridgehead atoms. The molecular weight excluding hydrogens is 460 g/mol.